The van der Waals surface area contributed by atoms with Crippen molar-refractivity contribution in [2.45, 2.75) is 98.8 Å². The molecule has 4 rings (SSSR count). The molecule has 152 valence electrons. The molecule has 26 heavy (non-hydrogen) atoms. The predicted molar refractivity (Wildman–Crippen MR) is 112 cm³/mol. The number of aliphatic hydroxyl groups excluding tert-OH is 1. The van der Waals surface area contributed by atoms with E-state index in [2.05, 4.69) is 20.8 Å². The van der Waals surface area contributed by atoms with Crippen molar-refractivity contribution in [3.05, 3.63) is 0 Å². The predicted octanol–water partition coefficient (Wildman–Crippen LogP) is 6.94. The van der Waals surface area contributed by atoms with Gasteiger partial charge >= 0.3 is 0 Å². The summed E-state index contributed by atoms with van der Waals surface area (Å²) in [4.78, 5) is 0. The average molecular weight is 363 g/mol. The number of hydrogen-bond acceptors (Lipinski definition) is 1. The van der Waals surface area contributed by atoms with Crippen LogP contribution in [0.25, 0.3) is 0 Å². The van der Waals surface area contributed by atoms with Crippen LogP contribution in [0.15, 0.2) is 0 Å². The summed E-state index contributed by atoms with van der Waals surface area (Å²) in [6.45, 7) is 11.7. The van der Waals surface area contributed by atoms with E-state index in [1.807, 2.05) is 13.8 Å². The van der Waals surface area contributed by atoms with Crippen molar-refractivity contribution in [1.82, 2.24) is 0 Å². The Hall–Kier alpha value is -0.0400. The summed E-state index contributed by atoms with van der Waals surface area (Å²) in [6, 6.07) is 0. The van der Waals surface area contributed by atoms with Gasteiger partial charge in [-0.1, -0.05) is 41.0 Å². The van der Waals surface area contributed by atoms with Gasteiger partial charge in [-0.15, -0.1) is 0 Å². The molecule has 0 spiro atoms. The molecule has 0 aliphatic heterocycles. The summed E-state index contributed by atoms with van der Waals surface area (Å²) in [5, 5.41) is 9.81. The zero-order valence-corrected chi connectivity index (χ0v) is 18.3. The molecule has 0 aromatic rings. The lowest BCUT2D eigenvalue weighted by atomic mass is 9.48. The molecule has 0 saturated heterocycles. The Bertz CT molecular complexity index is 445. The molecule has 1 heteroatoms. The van der Waals surface area contributed by atoms with Gasteiger partial charge in [0.15, 0.2) is 0 Å². The summed E-state index contributed by atoms with van der Waals surface area (Å²) in [5.41, 5.74) is 0.581. The third-order valence-electron chi connectivity index (χ3n) is 9.63. The van der Waals surface area contributed by atoms with Crippen LogP contribution in [0.4, 0.5) is 0 Å². The molecule has 9 unspecified atom stereocenters. The molecule has 0 amide bonds. The maximum Gasteiger partial charge on any atom is 0.0459 e. The topological polar surface area (TPSA) is 20.2 Å². The fourth-order valence-corrected chi connectivity index (χ4v) is 8.62. The molecule has 0 radical (unpaired) electrons. The van der Waals surface area contributed by atoms with E-state index >= 15 is 0 Å². The van der Waals surface area contributed by atoms with Crippen LogP contribution in [0.5, 0.6) is 0 Å². The van der Waals surface area contributed by atoms with Gasteiger partial charge in [-0.2, -0.15) is 0 Å². The van der Waals surface area contributed by atoms with Gasteiger partial charge in [-0.25, -0.2) is 0 Å². The first kappa shape index (κ1) is 20.7. The second-order valence-electron chi connectivity index (χ2n) is 10.3. The Balaban J connectivity index is 0.000000948. The maximum absolute atomic E-state index is 9.81. The maximum atomic E-state index is 9.81. The number of aliphatic hydroxyl groups is 1. The molecule has 4 fully saturated rings. The van der Waals surface area contributed by atoms with Crippen LogP contribution in [0.2, 0.25) is 0 Å². The smallest absolute Gasteiger partial charge is 0.0459 e. The van der Waals surface area contributed by atoms with Crippen molar-refractivity contribution in [1.29, 1.82) is 0 Å². The van der Waals surface area contributed by atoms with Crippen LogP contribution >= 0.6 is 0 Å². The summed E-state index contributed by atoms with van der Waals surface area (Å²) in [5.74, 6) is 7.51. The zero-order valence-electron chi connectivity index (χ0n) is 18.3. The minimum absolute atomic E-state index is 0.399. The van der Waals surface area contributed by atoms with Crippen molar-refractivity contribution in [2.75, 3.05) is 6.61 Å². The molecular formula is C25H46O. The standard InChI is InChI=1S/C23H40O.C2H6/c1-4-23-12-11-19-18-7-5-15(2)13-17(18)6-8-20(19)22(23)10-9-21(23)16(3)14-24;1-2/h15-22,24H,4-14H2,1-3H3;1-2H3. The van der Waals surface area contributed by atoms with E-state index in [9.17, 15) is 5.11 Å². The molecule has 9 atom stereocenters. The number of hydrogen-bond donors (Lipinski definition) is 1. The Kier molecular flexibility index (Phi) is 6.80. The molecule has 0 aromatic carbocycles. The summed E-state index contributed by atoms with van der Waals surface area (Å²) in [7, 11) is 0. The lowest BCUT2D eigenvalue weighted by Crippen LogP contribution is -2.50. The minimum atomic E-state index is 0.399. The van der Waals surface area contributed by atoms with Gasteiger partial charge in [0.05, 0.1) is 0 Å². The number of fused-ring (bicyclic) bond motifs is 5. The van der Waals surface area contributed by atoms with Crippen LogP contribution in [0.1, 0.15) is 98.8 Å². The van der Waals surface area contributed by atoms with E-state index in [0.29, 0.717) is 17.9 Å². The second-order valence-corrected chi connectivity index (χ2v) is 10.3. The van der Waals surface area contributed by atoms with E-state index in [1.54, 1.807) is 0 Å². The molecule has 0 heterocycles. The quantitative estimate of drug-likeness (QED) is 0.576. The molecule has 1 N–H and O–H groups in total. The van der Waals surface area contributed by atoms with Crippen molar-refractivity contribution in [3.63, 3.8) is 0 Å². The Morgan fingerprint density at radius 1 is 0.923 bits per heavy atom. The summed E-state index contributed by atoms with van der Waals surface area (Å²) >= 11 is 0. The molecule has 4 saturated carbocycles. The third kappa shape index (κ3) is 3.29. The van der Waals surface area contributed by atoms with Gasteiger partial charge in [0.1, 0.15) is 0 Å². The van der Waals surface area contributed by atoms with E-state index in [0.717, 1.165) is 41.4 Å². The highest BCUT2D eigenvalue weighted by atomic mass is 16.3. The molecular weight excluding hydrogens is 316 g/mol. The normalized spacial score (nSPS) is 48.5. The van der Waals surface area contributed by atoms with Crippen LogP contribution in [0, 0.1) is 52.8 Å². The largest absolute Gasteiger partial charge is 0.396 e. The lowest BCUT2D eigenvalue weighted by molar-refractivity contribution is -0.0849. The first-order valence-corrected chi connectivity index (χ1v) is 12.2. The molecule has 1 nitrogen and oxygen atoms in total. The lowest BCUT2D eigenvalue weighted by Gasteiger charge is -2.57. The monoisotopic (exact) mass is 362 g/mol. The van der Waals surface area contributed by atoms with Crippen LogP contribution in [0.3, 0.4) is 0 Å². The van der Waals surface area contributed by atoms with E-state index in [1.165, 1.54) is 64.2 Å². The van der Waals surface area contributed by atoms with Crippen LogP contribution in [-0.4, -0.2) is 11.7 Å². The Morgan fingerprint density at radius 2 is 1.65 bits per heavy atom. The summed E-state index contributed by atoms with van der Waals surface area (Å²) < 4.78 is 0. The second kappa shape index (κ2) is 8.54. The third-order valence-corrected chi connectivity index (χ3v) is 9.63. The Morgan fingerprint density at radius 3 is 2.35 bits per heavy atom. The van der Waals surface area contributed by atoms with Crippen molar-refractivity contribution in [3.8, 4) is 0 Å². The number of rotatable bonds is 3. The molecule has 0 aromatic heterocycles. The van der Waals surface area contributed by atoms with Crippen molar-refractivity contribution in [2.24, 2.45) is 52.8 Å². The zero-order chi connectivity index (χ0) is 18.9. The van der Waals surface area contributed by atoms with E-state index in [-0.39, 0.29) is 0 Å². The van der Waals surface area contributed by atoms with Gasteiger partial charge in [0, 0.05) is 6.61 Å². The SMILES string of the molecule is CC.CCC12CCC3C4CCC(C)CC4CCC3C1CCC2C(C)CO. The van der Waals surface area contributed by atoms with E-state index in [4.69, 9.17) is 0 Å². The van der Waals surface area contributed by atoms with Crippen molar-refractivity contribution < 1.29 is 5.11 Å². The first-order valence-electron chi connectivity index (χ1n) is 12.2. The van der Waals surface area contributed by atoms with Gasteiger partial charge in [0.25, 0.3) is 0 Å². The fraction of sp³-hybridized carbons (Fsp3) is 1.00. The summed E-state index contributed by atoms with van der Waals surface area (Å²) in [6.07, 6.45) is 14.8. The highest BCUT2D eigenvalue weighted by Crippen LogP contribution is 2.66. The molecule has 0 bridgehead atoms. The Labute approximate surface area is 163 Å². The van der Waals surface area contributed by atoms with E-state index < -0.39 is 0 Å². The van der Waals surface area contributed by atoms with Crippen molar-refractivity contribution >= 4 is 0 Å². The average Bonchev–Trinajstić information content (AvgIpc) is 3.08. The van der Waals surface area contributed by atoms with Gasteiger partial charge < -0.3 is 5.11 Å². The van der Waals surface area contributed by atoms with Crippen LogP contribution in [-0.2, 0) is 0 Å². The fourth-order valence-electron chi connectivity index (χ4n) is 8.62. The van der Waals surface area contributed by atoms with Gasteiger partial charge in [0.2, 0.25) is 0 Å². The molecule has 4 aliphatic rings. The minimum Gasteiger partial charge on any atom is -0.396 e. The first-order chi connectivity index (χ1) is 12.6. The molecule has 4 aliphatic carbocycles. The highest BCUT2D eigenvalue weighted by Gasteiger charge is 2.58. The van der Waals surface area contributed by atoms with Gasteiger partial charge in [-0.05, 0) is 111 Å². The van der Waals surface area contributed by atoms with Gasteiger partial charge in [-0.3, -0.25) is 0 Å². The highest BCUT2D eigenvalue weighted by molar-refractivity contribution is 5.07. The van der Waals surface area contributed by atoms with Crippen LogP contribution < -0.4 is 0 Å².